The van der Waals surface area contributed by atoms with Crippen LogP contribution in [-0.4, -0.2) is 36.7 Å². The van der Waals surface area contributed by atoms with E-state index in [9.17, 15) is 9.59 Å². The summed E-state index contributed by atoms with van der Waals surface area (Å²) in [5.74, 6) is 1.12. The van der Waals surface area contributed by atoms with Crippen LogP contribution in [-0.2, 0) is 27.2 Å². The molecular formula is C28H28ClNO6. The van der Waals surface area contributed by atoms with Crippen LogP contribution in [0.4, 0.5) is 4.79 Å². The van der Waals surface area contributed by atoms with Gasteiger partial charge in [0.25, 0.3) is 0 Å². The lowest BCUT2D eigenvalue weighted by Crippen LogP contribution is -2.31. The number of hydrogen-bond donors (Lipinski definition) is 0. The summed E-state index contributed by atoms with van der Waals surface area (Å²) < 4.78 is 22.5. The van der Waals surface area contributed by atoms with Crippen molar-refractivity contribution in [2.45, 2.75) is 39.0 Å². The summed E-state index contributed by atoms with van der Waals surface area (Å²) in [5.41, 5.74) is 2.37. The minimum Gasteiger partial charge on any atom is -0.493 e. The summed E-state index contributed by atoms with van der Waals surface area (Å²) in [5, 5.41) is 0.514. The largest absolute Gasteiger partial charge is 0.493 e. The third kappa shape index (κ3) is 5.74. The lowest BCUT2D eigenvalue weighted by molar-refractivity contribution is -0.142. The molecule has 36 heavy (non-hydrogen) atoms. The van der Waals surface area contributed by atoms with E-state index < -0.39 is 6.09 Å². The first-order chi connectivity index (χ1) is 17.4. The van der Waals surface area contributed by atoms with Crippen LogP contribution in [0.5, 0.6) is 17.2 Å². The van der Waals surface area contributed by atoms with Crippen molar-refractivity contribution in [3.05, 3.63) is 88.4 Å². The van der Waals surface area contributed by atoms with Crippen molar-refractivity contribution in [3.63, 3.8) is 0 Å². The van der Waals surface area contributed by atoms with Crippen molar-refractivity contribution >= 4 is 23.7 Å². The Morgan fingerprint density at radius 1 is 1.03 bits per heavy atom. The Morgan fingerprint density at radius 3 is 2.50 bits per heavy atom. The molecule has 0 saturated carbocycles. The molecule has 188 valence electrons. The molecule has 3 aromatic carbocycles. The molecule has 0 N–H and O–H groups in total. The van der Waals surface area contributed by atoms with Crippen LogP contribution < -0.4 is 9.47 Å². The second-order valence-corrected chi connectivity index (χ2v) is 8.84. The van der Waals surface area contributed by atoms with E-state index in [0.717, 1.165) is 11.1 Å². The number of nitrogens with zero attached hydrogens (tertiary/aromatic N) is 1. The molecule has 1 heterocycles. The molecule has 2 atom stereocenters. The number of rotatable bonds is 9. The highest BCUT2D eigenvalue weighted by Crippen LogP contribution is 2.38. The van der Waals surface area contributed by atoms with Crippen molar-refractivity contribution in [1.29, 1.82) is 0 Å². The van der Waals surface area contributed by atoms with E-state index in [0.29, 0.717) is 34.4 Å². The SMILES string of the molecule is CCOC(=O)Cc1ccc(OC)c(Oc2ccc(Cl)cc2CN2C(=O)O[C@@H](c3ccccc3)[C@H]2C)c1. The number of hydrogen-bond acceptors (Lipinski definition) is 6. The van der Waals surface area contributed by atoms with Gasteiger partial charge in [-0.2, -0.15) is 0 Å². The molecule has 1 amide bonds. The van der Waals surface area contributed by atoms with Crippen molar-refractivity contribution in [2.24, 2.45) is 0 Å². The summed E-state index contributed by atoms with van der Waals surface area (Å²) in [6.07, 6.45) is -0.669. The van der Waals surface area contributed by atoms with Gasteiger partial charge in [0.2, 0.25) is 0 Å². The number of halogens is 1. The fraction of sp³-hybridized carbons (Fsp3) is 0.286. The van der Waals surface area contributed by atoms with Crippen LogP contribution in [0.1, 0.15) is 36.6 Å². The van der Waals surface area contributed by atoms with E-state index in [-0.39, 0.29) is 31.1 Å². The number of cyclic esters (lactones) is 1. The molecule has 7 nitrogen and oxygen atoms in total. The molecular weight excluding hydrogens is 482 g/mol. The standard InChI is InChI=1S/C28H28ClNO6/c1-4-34-26(31)15-19-10-12-24(33-3)25(14-19)35-23-13-11-22(29)16-21(23)17-30-18(2)27(36-28(30)32)20-8-6-5-7-9-20/h5-14,16,18,27H,4,15,17H2,1-3H3/t18-,27-/m1/s1. The van der Waals surface area contributed by atoms with Gasteiger partial charge in [-0.1, -0.05) is 48.0 Å². The van der Waals surface area contributed by atoms with E-state index in [1.807, 2.05) is 37.3 Å². The van der Waals surface area contributed by atoms with Gasteiger partial charge in [0, 0.05) is 10.6 Å². The third-order valence-electron chi connectivity index (χ3n) is 5.99. The molecule has 1 aliphatic heterocycles. The summed E-state index contributed by atoms with van der Waals surface area (Å²) in [6, 6.07) is 20.0. The molecule has 3 aromatic rings. The number of amides is 1. The Labute approximate surface area is 215 Å². The number of methoxy groups -OCH3 is 1. The normalized spacial score (nSPS) is 17.0. The van der Waals surface area contributed by atoms with Gasteiger partial charge in [-0.05, 0) is 55.3 Å². The zero-order chi connectivity index (χ0) is 25.7. The molecule has 1 aliphatic rings. The van der Waals surface area contributed by atoms with Crippen molar-refractivity contribution < 1.29 is 28.5 Å². The van der Waals surface area contributed by atoms with Crippen molar-refractivity contribution in [2.75, 3.05) is 13.7 Å². The molecule has 1 fully saturated rings. The topological polar surface area (TPSA) is 74.3 Å². The maximum Gasteiger partial charge on any atom is 0.411 e. The van der Waals surface area contributed by atoms with Crippen LogP contribution in [0, 0.1) is 0 Å². The summed E-state index contributed by atoms with van der Waals surface area (Å²) in [6.45, 7) is 4.27. The molecule has 0 unspecified atom stereocenters. The van der Waals surface area contributed by atoms with E-state index in [1.165, 1.54) is 0 Å². The average Bonchev–Trinajstić information content (AvgIpc) is 3.15. The Balaban J connectivity index is 1.59. The molecule has 1 saturated heterocycles. The first-order valence-electron chi connectivity index (χ1n) is 11.7. The monoisotopic (exact) mass is 509 g/mol. The summed E-state index contributed by atoms with van der Waals surface area (Å²) >= 11 is 6.31. The fourth-order valence-corrected chi connectivity index (χ4v) is 4.36. The number of ether oxygens (including phenoxy) is 4. The van der Waals surface area contributed by atoms with Gasteiger partial charge in [0.15, 0.2) is 11.5 Å². The lowest BCUT2D eigenvalue weighted by atomic mass is 10.0. The van der Waals surface area contributed by atoms with Gasteiger partial charge in [0.05, 0.1) is 32.7 Å². The molecule has 0 spiro atoms. The summed E-state index contributed by atoms with van der Waals surface area (Å²) in [7, 11) is 1.54. The highest BCUT2D eigenvalue weighted by atomic mass is 35.5. The molecule has 8 heteroatoms. The van der Waals surface area contributed by atoms with E-state index in [2.05, 4.69) is 0 Å². The Kier molecular flexibility index (Phi) is 8.00. The minimum absolute atomic E-state index is 0.111. The van der Waals surface area contributed by atoms with Gasteiger partial charge < -0.3 is 18.9 Å². The predicted molar refractivity (Wildman–Crippen MR) is 136 cm³/mol. The predicted octanol–water partition coefficient (Wildman–Crippen LogP) is 6.33. The molecule has 0 aromatic heterocycles. The number of carbonyl (C=O) groups excluding carboxylic acids is 2. The van der Waals surface area contributed by atoms with Gasteiger partial charge in [-0.3, -0.25) is 9.69 Å². The van der Waals surface area contributed by atoms with E-state index in [4.69, 9.17) is 30.5 Å². The second kappa shape index (κ2) is 11.4. The van der Waals surface area contributed by atoms with Gasteiger partial charge in [0.1, 0.15) is 11.9 Å². The quantitative estimate of drug-likeness (QED) is 0.314. The smallest absolute Gasteiger partial charge is 0.411 e. The molecule has 0 bridgehead atoms. The Hall–Kier alpha value is -3.71. The Morgan fingerprint density at radius 2 is 1.78 bits per heavy atom. The van der Waals surface area contributed by atoms with Crippen LogP contribution in [0.3, 0.4) is 0 Å². The maximum absolute atomic E-state index is 12.8. The number of benzene rings is 3. The minimum atomic E-state index is -0.406. The zero-order valence-electron chi connectivity index (χ0n) is 20.4. The zero-order valence-corrected chi connectivity index (χ0v) is 21.2. The van der Waals surface area contributed by atoms with Crippen LogP contribution in [0.25, 0.3) is 0 Å². The first-order valence-corrected chi connectivity index (χ1v) is 12.1. The first kappa shape index (κ1) is 25.4. The maximum atomic E-state index is 12.8. The van der Waals surface area contributed by atoms with Crippen molar-refractivity contribution in [1.82, 2.24) is 4.90 Å². The van der Waals surface area contributed by atoms with Crippen LogP contribution in [0.15, 0.2) is 66.7 Å². The van der Waals surface area contributed by atoms with Gasteiger partial charge >= 0.3 is 12.1 Å². The molecule has 0 radical (unpaired) electrons. The highest BCUT2D eigenvalue weighted by Gasteiger charge is 2.39. The average molecular weight is 510 g/mol. The van der Waals surface area contributed by atoms with Crippen molar-refractivity contribution in [3.8, 4) is 17.2 Å². The number of carbonyl (C=O) groups is 2. The fourth-order valence-electron chi connectivity index (χ4n) is 4.16. The highest BCUT2D eigenvalue weighted by molar-refractivity contribution is 6.30. The van der Waals surface area contributed by atoms with Crippen LogP contribution in [0.2, 0.25) is 5.02 Å². The Bertz CT molecular complexity index is 1230. The lowest BCUT2D eigenvalue weighted by Gasteiger charge is -2.22. The number of esters is 1. The third-order valence-corrected chi connectivity index (χ3v) is 6.22. The molecule has 0 aliphatic carbocycles. The van der Waals surface area contributed by atoms with Gasteiger partial charge in [-0.15, -0.1) is 0 Å². The second-order valence-electron chi connectivity index (χ2n) is 8.40. The van der Waals surface area contributed by atoms with Crippen LogP contribution >= 0.6 is 11.6 Å². The molecule has 4 rings (SSSR count). The summed E-state index contributed by atoms with van der Waals surface area (Å²) in [4.78, 5) is 26.4. The van der Waals surface area contributed by atoms with E-state index in [1.54, 1.807) is 55.3 Å². The van der Waals surface area contributed by atoms with Gasteiger partial charge in [-0.25, -0.2) is 4.79 Å². The van der Waals surface area contributed by atoms with E-state index >= 15 is 0 Å².